The fourth-order valence-corrected chi connectivity index (χ4v) is 2.97. The number of H-pyrrole nitrogens is 1. The van der Waals surface area contributed by atoms with Crippen LogP contribution in [-0.4, -0.2) is 26.2 Å². The summed E-state index contributed by atoms with van der Waals surface area (Å²) in [5, 5.41) is 7.23. The van der Waals surface area contributed by atoms with E-state index in [0.29, 0.717) is 0 Å². The van der Waals surface area contributed by atoms with Crippen molar-refractivity contribution >= 4 is 12.2 Å². The van der Waals surface area contributed by atoms with Gasteiger partial charge in [0.25, 0.3) is 0 Å². The molecule has 5 heteroatoms. The zero-order chi connectivity index (χ0) is 13.2. The molecule has 1 N–H and O–H groups in total. The molecule has 1 aromatic heterocycles. The van der Waals surface area contributed by atoms with E-state index in [1.54, 1.807) is 0 Å². The summed E-state index contributed by atoms with van der Waals surface area (Å²) < 4.78 is 2.78. The summed E-state index contributed by atoms with van der Waals surface area (Å²) in [6.45, 7) is 5.91. The summed E-state index contributed by atoms with van der Waals surface area (Å²) >= 11 is 5.23. The Morgan fingerprint density at radius 3 is 2.89 bits per heavy atom. The molecule has 1 aliphatic heterocycles. The van der Waals surface area contributed by atoms with E-state index in [-0.39, 0.29) is 0 Å². The van der Waals surface area contributed by atoms with Crippen molar-refractivity contribution in [1.82, 2.24) is 19.7 Å². The van der Waals surface area contributed by atoms with Crippen molar-refractivity contribution in [1.29, 1.82) is 0 Å². The Morgan fingerprint density at radius 1 is 1.32 bits per heavy atom. The minimum atomic E-state index is 0.718. The number of hydrogen-bond donors (Lipinski definition) is 1. The van der Waals surface area contributed by atoms with E-state index >= 15 is 0 Å². The van der Waals surface area contributed by atoms with Crippen LogP contribution < -0.4 is 0 Å². The Hall–Kier alpha value is -1.46. The first-order valence-corrected chi connectivity index (χ1v) is 7.12. The molecule has 0 fully saturated rings. The van der Waals surface area contributed by atoms with Gasteiger partial charge >= 0.3 is 0 Å². The maximum atomic E-state index is 5.23. The number of benzene rings is 1. The summed E-state index contributed by atoms with van der Waals surface area (Å²) in [7, 11) is 0. The third kappa shape index (κ3) is 2.48. The molecule has 19 heavy (non-hydrogen) atoms. The fraction of sp³-hybridized carbons (Fsp3) is 0.429. The Kier molecular flexibility index (Phi) is 3.48. The molecule has 1 aliphatic rings. The van der Waals surface area contributed by atoms with Gasteiger partial charge in [0.05, 0.1) is 6.54 Å². The number of fused-ring (bicyclic) bond motifs is 1. The maximum Gasteiger partial charge on any atom is 0.195 e. The lowest BCUT2D eigenvalue weighted by Crippen LogP contribution is -2.31. The van der Waals surface area contributed by atoms with Crippen LogP contribution in [0.3, 0.4) is 0 Å². The van der Waals surface area contributed by atoms with Crippen LogP contribution >= 0.6 is 12.2 Å². The van der Waals surface area contributed by atoms with Crippen LogP contribution in [0.2, 0.25) is 0 Å². The van der Waals surface area contributed by atoms with Crippen LogP contribution in [0.4, 0.5) is 0 Å². The van der Waals surface area contributed by atoms with Gasteiger partial charge in [0.15, 0.2) is 4.77 Å². The largest absolute Gasteiger partial charge is 0.303 e. The van der Waals surface area contributed by atoms with Crippen LogP contribution in [0, 0.1) is 4.77 Å². The first kappa shape index (κ1) is 12.6. The molecule has 1 aromatic carbocycles. The Labute approximate surface area is 118 Å². The fourth-order valence-electron chi connectivity index (χ4n) is 2.69. The minimum Gasteiger partial charge on any atom is -0.303 e. The van der Waals surface area contributed by atoms with E-state index in [1.165, 1.54) is 11.1 Å². The SMILES string of the molecule is CCn1c(CN2CCc3ccccc3C2)n[nH]c1=S. The Balaban J connectivity index is 1.77. The summed E-state index contributed by atoms with van der Waals surface area (Å²) in [6, 6.07) is 8.69. The molecule has 0 saturated heterocycles. The lowest BCUT2D eigenvalue weighted by molar-refractivity contribution is 0.236. The van der Waals surface area contributed by atoms with Gasteiger partial charge in [-0.25, -0.2) is 0 Å². The quantitative estimate of drug-likeness (QED) is 0.874. The van der Waals surface area contributed by atoms with E-state index in [9.17, 15) is 0 Å². The van der Waals surface area contributed by atoms with E-state index in [1.807, 2.05) is 0 Å². The van der Waals surface area contributed by atoms with Crippen molar-refractivity contribution < 1.29 is 0 Å². The summed E-state index contributed by atoms with van der Waals surface area (Å²) in [6.07, 6.45) is 1.12. The molecule has 3 rings (SSSR count). The summed E-state index contributed by atoms with van der Waals surface area (Å²) in [5.74, 6) is 1.03. The van der Waals surface area contributed by atoms with E-state index in [0.717, 1.165) is 43.2 Å². The van der Waals surface area contributed by atoms with Crippen LogP contribution in [0.5, 0.6) is 0 Å². The molecular weight excluding hydrogens is 256 g/mol. The van der Waals surface area contributed by atoms with Gasteiger partial charge in [-0.15, -0.1) is 0 Å². The third-order valence-corrected chi connectivity index (χ3v) is 4.04. The number of hydrogen-bond acceptors (Lipinski definition) is 3. The van der Waals surface area contributed by atoms with Crippen LogP contribution in [0.15, 0.2) is 24.3 Å². The predicted octanol–water partition coefficient (Wildman–Crippen LogP) is 2.52. The zero-order valence-electron chi connectivity index (χ0n) is 11.1. The van der Waals surface area contributed by atoms with Crippen molar-refractivity contribution in [2.45, 2.75) is 33.0 Å². The van der Waals surface area contributed by atoms with Crippen LogP contribution in [-0.2, 0) is 26.1 Å². The monoisotopic (exact) mass is 274 g/mol. The standard InChI is InChI=1S/C14H18N4S/c1-2-18-13(15-16-14(18)19)10-17-8-7-11-5-3-4-6-12(11)9-17/h3-6H,2,7-10H2,1H3,(H,16,19). The predicted molar refractivity (Wildman–Crippen MR) is 77.3 cm³/mol. The van der Waals surface area contributed by atoms with Crippen molar-refractivity contribution in [3.8, 4) is 0 Å². The second-order valence-electron chi connectivity index (χ2n) is 4.92. The molecule has 0 bridgehead atoms. The molecule has 0 spiro atoms. The molecular formula is C14H18N4S. The van der Waals surface area contributed by atoms with E-state index in [4.69, 9.17) is 12.2 Å². The van der Waals surface area contributed by atoms with Crippen molar-refractivity contribution in [2.75, 3.05) is 6.54 Å². The van der Waals surface area contributed by atoms with Gasteiger partial charge in [0, 0.05) is 19.6 Å². The number of nitrogens with one attached hydrogen (secondary N) is 1. The molecule has 0 radical (unpaired) electrons. The number of rotatable bonds is 3. The Morgan fingerprint density at radius 2 is 2.11 bits per heavy atom. The summed E-state index contributed by atoms with van der Waals surface area (Å²) in [4.78, 5) is 2.43. The van der Waals surface area contributed by atoms with Crippen LogP contribution in [0.1, 0.15) is 23.9 Å². The second-order valence-corrected chi connectivity index (χ2v) is 5.31. The highest BCUT2D eigenvalue weighted by Crippen LogP contribution is 2.19. The van der Waals surface area contributed by atoms with Gasteiger partial charge < -0.3 is 4.57 Å². The van der Waals surface area contributed by atoms with E-state index < -0.39 is 0 Å². The first-order valence-electron chi connectivity index (χ1n) is 6.71. The lowest BCUT2D eigenvalue weighted by Gasteiger charge is -2.28. The highest BCUT2D eigenvalue weighted by atomic mass is 32.1. The number of aromatic nitrogens is 3. The Bertz CT molecular complexity index is 628. The molecule has 4 nitrogen and oxygen atoms in total. The average Bonchev–Trinajstić information content (AvgIpc) is 2.79. The molecule has 0 atom stereocenters. The molecule has 100 valence electrons. The van der Waals surface area contributed by atoms with Crippen molar-refractivity contribution in [3.63, 3.8) is 0 Å². The van der Waals surface area contributed by atoms with Crippen molar-refractivity contribution in [2.24, 2.45) is 0 Å². The minimum absolute atomic E-state index is 0.718. The highest BCUT2D eigenvalue weighted by Gasteiger charge is 2.17. The number of aromatic amines is 1. The topological polar surface area (TPSA) is 36.9 Å². The second kappa shape index (κ2) is 5.27. The molecule has 0 amide bonds. The first-order chi connectivity index (χ1) is 9.28. The van der Waals surface area contributed by atoms with Gasteiger partial charge in [-0.05, 0) is 36.7 Å². The molecule has 0 unspecified atom stereocenters. The normalized spacial score (nSPS) is 15.4. The maximum absolute atomic E-state index is 5.23. The lowest BCUT2D eigenvalue weighted by atomic mass is 10.00. The van der Waals surface area contributed by atoms with Gasteiger partial charge in [-0.3, -0.25) is 10.00 Å². The molecule has 0 aliphatic carbocycles. The zero-order valence-corrected chi connectivity index (χ0v) is 11.9. The van der Waals surface area contributed by atoms with Gasteiger partial charge in [0.1, 0.15) is 5.82 Å². The van der Waals surface area contributed by atoms with Crippen molar-refractivity contribution in [3.05, 3.63) is 46.0 Å². The highest BCUT2D eigenvalue weighted by molar-refractivity contribution is 7.71. The van der Waals surface area contributed by atoms with Gasteiger partial charge in [-0.1, -0.05) is 24.3 Å². The van der Waals surface area contributed by atoms with Gasteiger partial charge in [-0.2, -0.15) is 5.10 Å². The molecule has 2 aromatic rings. The smallest absolute Gasteiger partial charge is 0.195 e. The average molecular weight is 274 g/mol. The third-order valence-electron chi connectivity index (χ3n) is 3.73. The molecule has 2 heterocycles. The van der Waals surface area contributed by atoms with E-state index in [2.05, 4.69) is 50.9 Å². The number of nitrogens with zero attached hydrogens (tertiary/aromatic N) is 3. The van der Waals surface area contributed by atoms with Crippen LogP contribution in [0.25, 0.3) is 0 Å². The van der Waals surface area contributed by atoms with Gasteiger partial charge in [0.2, 0.25) is 0 Å². The summed E-state index contributed by atoms with van der Waals surface area (Å²) in [5.41, 5.74) is 2.92. The molecule has 0 saturated carbocycles.